The summed E-state index contributed by atoms with van der Waals surface area (Å²) in [6.07, 6.45) is 14.0. The van der Waals surface area contributed by atoms with Crippen LogP contribution in [0.2, 0.25) is 0 Å². The molecule has 1 aliphatic carbocycles. The molecule has 2 aliphatic rings. The van der Waals surface area contributed by atoms with Crippen LogP contribution >= 0.6 is 0 Å². The number of nitrogens with zero attached hydrogens (tertiary/aromatic N) is 5. The molecule has 3 heterocycles. The van der Waals surface area contributed by atoms with Gasteiger partial charge in [-0.1, -0.05) is 5.92 Å². The molecule has 5 rings (SSSR count). The number of anilines is 2. The number of carbonyl (C=O) groups is 1. The van der Waals surface area contributed by atoms with Gasteiger partial charge >= 0.3 is 0 Å². The number of carbonyl (C=O) groups excluding carboxylic acids is 1. The molecule has 9 heteroatoms. The zero-order valence-corrected chi connectivity index (χ0v) is 17.9. The first-order valence-corrected chi connectivity index (χ1v) is 10.8. The van der Waals surface area contributed by atoms with Gasteiger partial charge in [0.1, 0.15) is 23.9 Å². The summed E-state index contributed by atoms with van der Waals surface area (Å²) < 4.78 is 7.32. The molecule has 2 N–H and O–H groups in total. The third-order valence-electron chi connectivity index (χ3n) is 5.71. The van der Waals surface area contributed by atoms with Crippen LogP contribution in [0, 0.1) is 12.3 Å². The van der Waals surface area contributed by atoms with Gasteiger partial charge in [-0.25, -0.2) is 9.97 Å². The van der Waals surface area contributed by atoms with Crippen molar-refractivity contribution in [1.82, 2.24) is 25.1 Å². The number of ether oxygens (including phenoxy) is 1. The molecule has 1 amide bonds. The Hall–Kier alpha value is -3.64. The van der Waals surface area contributed by atoms with Crippen molar-refractivity contribution < 1.29 is 9.53 Å². The van der Waals surface area contributed by atoms with Crippen molar-refractivity contribution in [3.63, 3.8) is 0 Å². The molecule has 0 spiro atoms. The summed E-state index contributed by atoms with van der Waals surface area (Å²) in [5.41, 5.74) is 1.49. The van der Waals surface area contributed by atoms with E-state index in [0.717, 1.165) is 36.2 Å². The first kappa shape index (κ1) is 20.3. The van der Waals surface area contributed by atoms with Crippen molar-refractivity contribution in [3.05, 3.63) is 36.4 Å². The molecule has 1 saturated carbocycles. The summed E-state index contributed by atoms with van der Waals surface area (Å²) in [7, 11) is 1.84. The van der Waals surface area contributed by atoms with E-state index in [2.05, 4.69) is 36.5 Å². The molecule has 1 saturated heterocycles. The molecule has 0 bridgehead atoms. The van der Waals surface area contributed by atoms with Crippen molar-refractivity contribution in [1.29, 1.82) is 0 Å². The highest BCUT2D eigenvalue weighted by atomic mass is 16.5. The number of aromatic nitrogens is 4. The monoisotopic (exact) mass is 431 g/mol. The Morgan fingerprint density at radius 1 is 1.25 bits per heavy atom. The van der Waals surface area contributed by atoms with Gasteiger partial charge in [-0.3, -0.25) is 9.48 Å². The lowest BCUT2D eigenvalue weighted by molar-refractivity contribution is 0.102. The highest BCUT2D eigenvalue weighted by Gasteiger charge is 2.29. The highest BCUT2D eigenvalue weighted by Crippen LogP contribution is 2.30. The number of amides is 1. The molecule has 2 fully saturated rings. The smallest absolute Gasteiger partial charge is 0.275 e. The second-order valence-corrected chi connectivity index (χ2v) is 8.29. The Kier molecular flexibility index (Phi) is 5.37. The molecule has 3 aromatic rings. The zero-order chi connectivity index (χ0) is 22.1. The van der Waals surface area contributed by atoms with Gasteiger partial charge in [-0.2, -0.15) is 5.10 Å². The number of hydrogen-bond acceptors (Lipinski definition) is 7. The lowest BCUT2D eigenvalue weighted by atomic mass is 10.2. The fourth-order valence-corrected chi connectivity index (χ4v) is 3.99. The van der Waals surface area contributed by atoms with E-state index < -0.39 is 0 Å². The van der Waals surface area contributed by atoms with E-state index in [4.69, 9.17) is 11.2 Å². The topological polar surface area (TPSA) is 97.2 Å². The largest absolute Gasteiger partial charge is 0.479 e. The summed E-state index contributed by atoms with van der Waals surface area (Å²) in [5.74, 6) is 3.32. The minimum absolute atomic E-state index is 0.0855. The van der Waals surface area contributed by atoms with Gasteiger partial charge in [-0.05, 0) is 25.3 Å². The molecule has 1 aliphatic heterocycles. The van der Waals surface area contributed by atoms with Crippen molar-refractivity contribution >= 4 is 28.3 Å². The van der Waals surface area contributed by atoms with Crippen molar-refractivity contribution in [2.45, 2.75) is 31.3 Å². The van der Waals surface area contributed by atoms with Crippen LogP contribution in [0.3, 0.4) is 0 Å². The van der Waals surface area contributed by atoms with Crippen molar-refractivity contribution in [2.24, 2.45) is 7.05 Å². The summed E-state index contributed by atoms with van der Waals surface area (Å²) in [4.78, 5) is 23.9. The van der Waals surface area contributed by atoms with Crippen LogP contribution in [-0.2, 0) is 7.05 Å². The predicted octanol–water partition coefficient (Wildman–Crippen LogP) is 1.96. The molecule has 1 unspecified atom stereocenters. The van der Waals surface area contributed by atoms with E-state index in [-0.39, 0.29) is 18.2 Å². The van der Waals surface area contributed by atoms with E-state index in [1.807, 2.05) is 19.3 Å². The first-order chi connectivity index (χ1) is 15.6. The van der Waals surface area contributed by atoms with Crippen LogP contribution in [0.15, 0.2) is 30.7 Å². The summed E-state index contributed by atoms with van der Waals surface area (Å²) in [6, 6.07) is 4.76. The van der Waals surface area contributed by atoms with Crippen LogP contribution in [0.4, 0.5) is 11.5 Å². The highest BCUT2D eigenvalue weighted by molar-refractivity contribution is 6.04. The van der Waals surface area contributed by atoms with Crippen LogP contribution < -0.4 is 20.3 Å². The Morgan fingerprint density at radius 3 is 2.88 bits per heavy atom. The second kappa shape index (κ2) is 8.48. The maximum absolute atomic E-state index is 12.8. The van der Waals surface area contributed by atoms with Gasteiger partial charge in [-0.15, -0.1) is 6.42 Å². The molecule has 2 aromatic heterocycles. The Balaban J connectivity index is 1.29. The third-order valence-corrected chi connectivity index (χ3v) is 5.71. The van der Waals surface area contributed by atoms with Crippen LogP contribution in [0.5, 0.6) is 5.75 Å². The van der Waals surface area contributed by atoms with Gasteiger partial charge in [0.25, 0.3) is 5.91 Å². The van der Waals surface area contributed by atoms with Crippen molar-refractivity contribution in [3.8, 4) is 18.1 Å². The minimum Gasteiger partial charge on any atom is -0.479 e. The fourth-order valence-electron chi connectivity index (χ4n) is 3.99. The van der Waals surface area contributed by atoms with E-state index in [1.54, 1.807) is 16.9 Å². The lowest BCUT2D eigenvalue weighted by Crippen LogP contribution is -2.34. The molecule has 164 valence electrons. The van der Waals surface area contributed by atoms with Gasteiger partial charge in [0.05, 0.1) is 23.6 Å². The number of terminal acetylenes is 1. The number of rotatable bonds is 7. The number of nitrogens with one attached hydrogen (secondary N) is 2. The SMILES string of the molecule is C#CCOc1cc2nn(C)cc2cc1NC(=O)c1cnc(N2CCC(NC3CC3)C2)cn1. The van der Waals surface area contributed by atoms with Gasteiger partial charge in [0.15, 0.2) is 0 Å². The number of benzene rings is 1. The number of hydrogen-bond donors (Lipinski definition) is 2. The molecular weight excluding hydrogens is 406 g/mol. The second-order valence-electron chi connectivity index (χ2n) is 8.29. The normalized spacial score (nSPS) is 18.0. The lowest BCUT2D eigenvalue weighted by Gasteiger charge is -2.17. The maximum atomic E-state index is 12.8. The average Bonchev–Trinajstić information content (AvgIpc) is 3.35. The summed E-state index contributed by atoms with van der Waals surface area (Å²) >= 11 is 0. The van der Waals surface area contributed by atoms with E-state index in [9.17, 15) is 4.79 Å². The van der Waals surface area contributed by atoms with Crippen LogP contribution in [0.25, 0.3) is 10.9 Å². The van der Waals surface area contributed by atoms with E-state index in [1.165, 1.54) is 19.0 Å². The molecule has 32 heavy (non-hydrogen) atoms. The quantitative estimate of drug-likeness (QED) is 0.552. The fraction of sp³-hybridized carbons (Fsp3) is 0.391. The Labute approximate surface area is 186 Å². The van der Waals surface area contributed by atoms with Crippen molar-refractivity contribution in [2.75, 3.05) is 29.9 Å². The minimum atomic E-state index is -0.368. The Morgan fingerprint density at radius 2 is 2.12 bits per heavy atom. The van der Waals surface area contributed by atoms with Gasteiger partial charge in [0, 0.05) is 49.9 Å². The molecule has 0 radical (unpaired) electrons. The first-order valence-electron chi connectivity index (χ1n) is 10.8. The Bertz CT molecular complexity index is 1180. The predicted molar refractivity (Wildman–Crippen MR) is 122 cm³/mol. The zero-order valence-electron chi connectivity index (χ0n) is 17.9. The molecule has 1 atom stereocenters. The maximum Gasteiger partial charge on any atom is 0.275 e. The average molecular weight is 432 g/mol. The summed E-state index contributed by atoms with van der Waals surface area (Å²) in [6.45, 7) is 1.94. The van der Waals surface area contributed by atoms with E-state index >= 15 is 0 Å². The van der Waals surface area contributed by atoms with E-state index in [0.29, 0.717) is 23.5 Å². The number of aryl methyl sites for hydroxylation is 1. The van der Waals surface area contributed by atoms with Crippen LogP contribution in [-0.4, -0.2) is 57.4 Å². The van der Waals surface area contributed by atoms with Gasteiger partial charge < -0.3 is 20.3 Å². The molecular formula is C23H25N7O2. The standard InChI is InChI=1S/C23H25N7O2/c1-3-8-32-21-10-18-15(13-29(2)28-18)9-19(21)27-23(31)20-11-25-22(12-24-20)30-7-6-17(14-30)26-16-4-5-16/h1,9-13,16-17,26H,4-8,14H2,2H3,(H,27,31). The third kappa shape index (κ3) is 4.36. The molecule has 9 nitrogen and oxygen atoms in total. The van der Waals surface area contributed by atoms with Gasteiger partial charge in [0.2, 0.25) is 0 Å². The summed E-state index contributed by atoms with van der Waals surface area (Å²) in [5, 5.41) is 11.8. The number of fused-ring (bicyclic) bond motifs is 1. The molecule has 1 aromatic carbocycles. The van der Waals surface area contributed by atoms with Crippen LogP contribution in [0.1, 0.15) is 29.8 Å².